The smallest absolute Gasteiger partial charge is 0.325 e. The van der Waals surface area contributed by atoms with Crippen molar-refractivity contribution in [3.63, 3.8) is 0 Å². The van der Waals surface area contributed by atoms with Crippen LogP contribution >= 0.6 is 23.8 Å². The Morgan fingerprint density at radius 1 is 1.13 bits per heavy atom. The lowest BCUT2D eigenvalue weighted by molar-refractivity contribution is -0.140. The molecular formula is C23H17ClN2O4S. The van der Waals surface area contributed by atoms with Gasteiger partial charge in [0, 0.05) is 16.7 Å². The maximum Gasteiger partial charge on any atom is 0.325 e. The fourth-order valence-corrected chi connectivity index (χ4v) is 3.74. The number of furan rings is 1. The number of anilines is 1. The zero-order chi connectivity index (χ0) is 22.0. The van der Waals surface area contributed by atoms with E-state index in [1.165, 1.54) is 16.9 Å². The molecule has 1 fully saturated rings. The molecule has 1 aliphatic heterocycles. The Morgan fingerprint density at radius 3 is 2.61 bits per heavy atom. The van der Waals surface area contributed by atoms with Gasteiger partial charge in [-0.25, -0.2) is 0 Å². The van der Waals surface area contributed by atoms with Gasteiger partial charge in [0.25, 0.3) is 5.91 Å². The summed E-state index contributed by atoms with van der Waals surface area (Å²) in [6.45, 7) is -0.196. The van der Waals surface area contributed by atoms with Gasteiger partial charge in [-0.05, 0) is 48.6 Å². The second kappa shape index (κ2) is 8.75. The second-order valence-electron chi connectivity index (χ2n) is 6.66. The molecule has 1 saturated heterocycles. The van der Waals surface area contributed by atoms with Gasteiger partial charge in [-0.2, -0.15) is 0 Å². The number of halogens is 1. The first kappa shape index (κ1) is 20.8. The summed E-state index contributed by atoms with van der Waals surface area (Å²) in [5.41, 5.74) is 1.63. The van der Waals surface area contributed by atoms with E-state index >= 15 is 0 Å². The molecule has 0 N–H and O–H groups in total. The molecular weight excluding hydrogens is 436 g/mol. The van der Waals surface area contributed by atoms with E-state index in [1.807, 2.05) is 18.2 Å². The molecule has 0 spiro atoms. The average Bonchev–Trinajstić information content (AvgIpc) is 3.33. The summed E-state index contributed by atoms with van der Waals surface area (Å²) >= 11 is 11.6. The minimum Gasteiger partial charge on any atom is -0.468 e. The number of ether oxygens (including phenoxy) is 1. The van der Waals surface area contributed by atoms with Gasteiger partial charge in [0.15, 0.2) is 5.11 Å². The highest BCUT2D eigenvalue weighted by Crippen LogP contribution is 2.31. The minimum atomic E-state index is -0.518. The molecule has 0 radical (unpaired) electrons. The van der Waals surface area contributed by atoms with Crippen molar-refractivity contribution in [3.05, 3.63) is 83.2 Å². The molecule has 4 rings (SSSR count). The van der Waals surface area contributed by atoms with Crippen molar-refractivity contribution in [2.24, 2.45) is 0 Å². The summed E-state index contributed by atoms with van der Waals surface area (Å²) in [4.78, 5) is 28.0. The summed E-state index contributed by atoms with van der Waals surface area (Å²) in [6.07, 6.45) is 1.56. The number of hydrogen-bond acceptors (Lipinski definition) is 5. The van der Waals surface area contributed by atoms with E-state index in [2.05, 4.69) is 0 Å². The molecule has 1 amide bonds. The van der Waals surface area contributed by atoms with Crippen LogP contribution in [-0.2, 0) is 14.3 Å². The number of carbonyl (C=O) groups is 2. The Hall–Kier alpha value is -3.42. The molecule has 2 heterocycles. The molecule has 31 heavy (non-hydrogen) atoms. The number of para-hydroxylation sites is 1. The van der Waals surface area contributed by atoms with Crippen LogP contribution in [0.2, 0.25) is 5.02 Å². The van der Waals surface area contributed by atoms with E-state index in [0.717, 1.165) is 5.56 Å². The highest BCUT2D eigenvalue weighted by molar-refractivity contribution is 7.80. The van der Waals surface area contributed by atoms with Gasteiger partial charge in [-0.3, -0.25) is 14.5 Å². The van der Waals surface area contributed by atoms with E-state index in [-0.39, 0.29) is 23.3 Å². The Morgan fingerprint density at radius 2 is 1.90 bits per heavy atom. The number of carbonyl (C=O) groups excluding carboxylic acids is 2. The van der Waals surface area contributed by atoms with Crippen molar-refractivity contribution < 1.29 is 18.7 Å². The highest BCUT2D eigenvalue weighted by atomic mass is 35.5. The number of benzene rings is 2. The third-order valence-electron chi connectivity index (χ3n) is 4.68. The molecule has 0 aliphatic carbocycles. The standard InChI is InChI=1S/C23H17ClN2O4S/c1-29-21(27)14-25-19(22(28)26(23(25)31)17-8-3-2-4-9-17)13-18-10-11-20(30-18)15-6-5-7-16(24)12-15/h2-13H,14H2,1H3. The van der Waals surface area contributed by atoms with E-state index in [0.29, 0.717) is 22.2 Å². The molecule has 1 aliphatic rings. The Kier molecular flexibility index (Phi) is 5.88. The molecule has 0 atom stereocenters. The summed E-state index contributed by atoms with van der Waals surface area (Å²) < 4.78 is 10.7. The largest absolute Gasteiger partial charge is 0.468 e. The quantitative estimate of drug-likeness (QED) is 0.316. The first-order valence-electron chi connectivity index (χ1n) is 9.33. The molecule has 0 bridgehead atoms. The average molecular weight is 453 g/mol. The third-order valence-corrected chi connectivity index (χ3v) is 5.32. The van der Waals surface area contributed by atoms with E-state index in [4.69, 9.17) is 33.0 Å². The van der Waals surface area contributed by atoms with Crippen LogP contribution in [-0.4, -0.2) is 35.5 Å². The fourth-order valence-electron chi connectivity index (χ4n) is 3.19. The lowest BCUT2D eigenvalue weighted by Gasteiger charge is -2.19. The predicted octanol–water partition coefficient (Wildman–Crippen LogP) is 4.75. The van der Waals surface area contributed by atoms with Crippen molar-refractivity contribution in [3.8, 4) is 11.3 Å². The van der Waals surface area contributed by atoms with Crippen LogP contribution in [0, 0.1) is 0 Å². The SMILES string of the molecule is COC(=O)CN1C(=S)N(c2ccccc2)C(=O)C1=Cc1ccc(-c2cccc(Cl)c2)o1. The zero-order valence-electron chi connectivity index (χ0n) is 16.4. The maximum absolute atomic E-state index is 13.2. The Balaban J connectivity index is 1.72. The number of thiocarbonyl (C=S) groups is 1. The summed E-state index contributed by atoms with van der Waals surface area (Å²) in [7, 11) is 1.28. The van der Waals surface area contributed by atoms with Gasteiger partial charge in [0.05, 0.1) is 12.8 Å². The number of rotatable bonds is 5. The third kappa shape index (κ3) is 4.23. The first-order chi connectivity index (χ1) is 15.0. The van der Waals surface area contributed by atoms with Gasteiger partial charge in [-0.1, -0.05) is 41.9 Å². The number of methoxy groups -OCH3 is 1. The van der Waals surface area contributed by atoms with Gasteiger partial charge in [-0.15, -0.1) is 0 Å². The number of esters is 1. The van der Waals surface area contributed by atoms with Crippen LogP contribution in [0.3, 0.4) is 0 Å². The lowest BCUT2D eigenvalue weighted by Crippen LogP contribution is -2.35. The predicted molar refractivity (Wildman–Crippen MR) is 122 cm³/mol. The molecule has 8 heteroatoms. The van der Waals surface area contributed by atoms with Gasteiger partial charge in [0.1, 0.15) is 23.8 Å². The normalized spacial score (nSPS) is 15.1. The monoisotopic (exact) mass is 452 g/mol. The zero-order valence-corrected chi connectivity index (χ0v) is 18.0. The van der Waals surface area contributed by atoms with Crippen LogP contribution in [0.1, 0.15) is 5.76 Å². The van der Waals surface area contributed by atoms with Crippen LogP contribution in [0.25, 0.3) is 17.4 Å². The van der Waals surface area contributed by atoms with Crippen molar-refractivity contribution in [1.29, 1.82) is 0 Å². The molecule has 2 aromatic carbocycles. The van der Waals surface area contributed by atoms with Gasteiger partial charge in [0.2, 0.25) is 0 Å². The Labute approximate surface area is 189 Å². The van der Waals surface area contributed by atoms with Crippen LogP contribution in [0.4, 0.5) is 5.69 Å². The van der Waals surface area contributed by atoms with Crippen LogP contribution in [0.15, 0.2) is 76.8 Å². The van der Waals surface area contributed by atoms with E-state index in [1.54, 1.807) is 54.6 Å². The van der Waals surface area contributed by atoms with Crippen molar-refractivity contribution in [1.82, 2.24) is 4.90 Å². The lowest BCUT2D eigenvalue weighted by atomic mass is 10.2. The molecule has 6 nitrogen and oxygen atoms in total. The molecule has 0 saturated carbocycles. The summed E-state index contributed by atoms with van der Waals surface area (Å²) in [5, 5.41) is 0.780. The Bertz CT molecular complexity index is 1190. The van der Waals surface area contributed by atoms with E-state index in [9.17, 15) is 9.59 Å². The first-order valence-corrected chi connectivity index (χ1v) is 10.1. The van der Waals surface area contributed by atoms with Crippen molar-refractivity contribution >= 4 is 52.6 Å². The number of nitrogens with zero attached hydrogens (tertiary/aromatic N) is 2. The topological polar surface area (TPSA) is 63.0 Å². The highest BCUT2D eigenvalue weighted by Gasteiger charge is 2.40. The van der Waals surface area contributed by atoms with Gasteiger partial charge >= 0.3 is 5.97 Å². The number of hydrogen-bond donors (Lipinski definition) is 0. The van der Waals surface area contributed by atoms with Crippen molar-refractivity contribution in [2.45, 2.75) is 0 Å². The van der Waals surface area contributed by atoms with Crippen molar-refractivity contribution in [2.75, 3.05) is 18.6 Å². The maximum atomic E-state index is 13.2. The molecule has 1 aromatic heterocycles. The second-order valence-corrected chi connectivity index (χ2v) is 7.46. The molecule has 0 unspecified atom stereocenters. The molecule has 156 valence electrons. The summed E-state index contributed by atoms with van der Waals surface area (Å²) in [5.74, 6) is 0.156. The fraction of sp³-hybridized carbons (Fsp3) is 0.0870. The molecule has 3 aromatic rings. The summed E-state index contributed by atoms with van der Waals surface area (Å²) in [6, 6.07) is 19.8. The van der Waals surface area contributed by atoms with E-state index < -0.39 is 5.97 Å². The van der Waals surface area contributed by atoms with Gasteiger partial charge < -0.3 is 14.1 Å². The number of amides is 1. The van der Waals surface area contributed by atoms with Crippen LogP contribution in [0.5, 0.6) is 0 Å². The minimum absolute atomic E-state index is 0.189. The van der Waals surface area contributed by atoms with Crippen LogP contribution < -0.4 is 4.90 Å².